The Balaban J connectivity index is 1.59. The molecule has 0 saturated carbocycles. The van der Waals surface area contributed by atoms with Gasteiger partial charge >= 0.3 is 0 Å². The summed E-state index contributed by atoms with van der Waals surface area (Å²) in [6.45, 7) is 0.558. The van der Waals surface area contributed by atoms with Gasteiger partial charge in [-0.2, -0.15) is 0 Å². The first-order valence-electron chi connectivity index (χ1n) is 9.45. The monoisotopic (exact) mass is 422 g/mol. The lowest BCUT2D eigenvalue weighted by Crippen LogP contribution is -2.55. The van der Waals surface area contributed by atoms with Crippen molar-refractivity contribution in [1.29, 1.82) is 0 Å². The predicted octanol–water partition coefficient (Wildman–Crippen LogP) is 1.22. The van der Waals surface area contributed by atoms with Gasteiger partial charge in [-0.1, -0.05) is 29.8 Å². The molecule has 1 saturated heterocycles. The van der Waals surface area contributed by atoms with Crippen molar-refractivity contribution in [2.24, 2.45) is 0 Å². The van der Waals surface area contributed by atoms with Crippen molar-refractivity contribution in [2.75, 3.05) is 19.8 Å². The standard InChI is InChI=1S/C21H23ClO7/c22-14-3-2-12(21-20(26)19(25)18(24)17(10-23)29-21)9-13(14)7-11-1-4-15-16(8-11)28-6-5-27-15/h1-4,8-9,17-21,23-26H,5-7,10H2/t17-,18-,19+,20-,21+/m1/s1. The highest BCUT2D eigenvalue weighted by Gasteiger charge is 2.44. The molecule has 7 nitrogen and oxygen atoms in total. The van der Waals surface area contributed by atoms with Crippen LogP contribution in [0.5, 0.6) is 11.5 Å². The van der Waals surface area contributed by atoms with Gasteiger partial charge in [0, 0.05) is 5.02 Å². The van der Waals surface area contributed by atoms with E-state index in [-0.39, 0.29) is 0 Å². The van der Waals surface area contributed by atoms with Gasteiger partial charge in [-0.15, -0.1) is 0 Å². The van der Waals surface area contributed by atoms with Crippen molar-refractivity contribution >= 4 is 11.6 Å². The van der Waals surface area contributed by atoms with Crippen molar-refractivity contribution in [3.05, 3.63) is 58.1 Å². The van der Waals surface area contributed by atoms with Crippen LogP contribution in [0.25, 0.3) is 0 Å². The van der Waals surface area contributed by atoms with E-state index >= 15 is 0 Å². The molecular formula is C21H23ClO7. The first kappa shape index (κ1) is 20.4. The third kappa shape index (κ3) is 4.07. The summed E-state index contributed by atoms with van der Waals surface area (Å²) >= 11 is 6.38. The van der Waals surface area contributed by atoms with Crippen LogP contribution in [0.4, 0.5) is 0 Å². The Morgan fingerprint density at radius 1 is 0.897 bits per heavy atom. The second-order valence-corrected chi connectivity index (χ2v) is 7.66. The Hall–Kier alpha value is -1.87. The Morgan fingerprint density at radius 2 is 1.66 bits per heavy atom. The van der Waals surface area contributed by atoms with Crippen LogP contribution in [0.2, 0.25) is 5.02 Å². The SMILES string of the molecule is OC[C@H]1O[C@@H](c2ccc(Cl)c(Cc3ccc4c(c3)OCCO4)c2)[C@H](O)[C@@H](O)[C@@H]1O. The molecule has 2 aromatic rings. The summed E-state index contributed by atoms with van der Waals surface area (Å²) < 4.78 is 16.8. The average molecular weight is 423 g/mol. The summed E-state index contributed by atoms with van der Waals surface area (Å²) in [4.78, 5) is 0. The fraction of sp³-hybridized carbons (Fsp3) is 0.429. The fourth-order valence-electron chi connectivity index (χ4n) is 3.70. The van der Waals surface area contributed by atoms with Crippen molar-refractivity contribution in [1.82, 2.24) is 0 Å². The van der Waals surface area contributed by atoms with Gasteiger partial charge in [0.1, 0.15) is 43.7 Å². The highest BCUT2D eigenvalue weighted by molar-refractivity contribution is 6.31. The molecule has 0 radical (unpaired) electrons. The zero-order chi connectivity index (χ0) is 20.5. The Bertz CT molecular complexity index is 872. The second-order valence-electron chi connectivity index (χ2n) is 7.26. The summed E-state index contributed by atoms with van der Waals surface area (Å²) in [6, 6.07) is 10.9. The molecular weight excluding hydrogens is 400 g/mol. The molecule has 4 rings (SSSR count). The zero-order valence-corrected chi connectivity index (χ0v) is 16.3. The number of benzene rings is 2. The molecule has 8 heteroatoms. The largest absolute Gasteiger partial charge is 0.486 e. The van der Waals surface area contributed by atoms with Crippen LogP contribution in [0.3, 0.4) is 0 Å². The molecule has 156 valence electrons. The molecule has 0 aromatic heterocycles. The molecule has 2 aliphatic rings. The number of fused-ring (bicyclic) bond motifs is 1. The second kappa shape index (κ2) is 8.47. The summed E-state index contributed by atoms with van der Waals surface area (Å²) in [7, 11) is 0. The lowest BCUT2D eigenvalue weighted by molar-refractivity contribution is -0.231. The van der Waals surface area contributed by atoms with Crippen molar-refractivity contribution < 1.29 is 34.6 Å². The van der Waals surface area contributed by atoms with E-state index in [1.807, 2.05) is 18.2 Å². The highest BCUT2D eigenvalue weighted by Crippen LogP contribution is 2.35. The summed E-state index contributed by atoms with van der Waals surface area (Å²) in [5, 5.41) is 40.4. The topological polar surface area (TPSA) is 109 Å². The van der Waals surface area contributed by atoms with Gasteiger partial charge in [0.05, 0.1) is 6.61 Å². The van der Waals surface area contributed by atoms with Gasteiger partial charge in [0.25, 0.3) is 0 Å². The lowest BCUT2D eigenvalue weighted by Gasteiger charge is -2.40. The summed E-state index contributed by atoms with van der Waals surface area (Å²) in [5.41, 5.74) is 2.37. The smallest absolute Gasteiger partial charge is 0.161 e. The van der Waals surface area contributed by atoms with E-state index in [4.69, 9.17) is 25.8 Å². The molecule has 1 fully saturated rings. The lowest BCUT2D eigenvalue weighted by atomic mass is 9.90. The summed E-state index contributed by atoms with van der Waals surface area (Å²) in [6.07, 6.45) is -5.51. The van der Waals surface area contributed by atoms with E-state index < -0.39 is 37.1 Å². The van der Waals surface area contributed by atoms with Gasteiger partial charge in [0.15, 0.2) is 11.5 Å². The van der Waals surface area contributed by atoms with Crippen LogP contribution in [0.15, 0.2) is 36.4 Å². The molecule has 29 heavy (non-hydrogen) atoms. The molecule has 2 heterocycles. The van der Waals surface area contributed by atoms with Crippen LogP contribution in [-0.2, 0) is 11.2 Å². The van der Waals surface area contributed by atoms with Crippen molar-refractivity contribution in [3.63, 3.8) is 0 Å². The number of hydrogen-bond donors (Lipinski definition) is 4. The van der Waals surface area contributed by atoms with Gasteiger partial charge in [-0.25, -0.2) is 0 Å². The minimum absolute atomic E-state index is 0.473. The maximum absolute atomic E-state index is 10.4. The van der Waals surface area contributed by atoms with E-state index in [1.165, 1.54) is 0 Å². The van der Waals surface area contributed by atoms with Crippen LogP contribution in [0.1, 0.15) is 22.8 Å². The van der Waals surface area contributed by atoms with E-state index in [9.17, 15) is 20.4 Å². The van der Waals surface area contributed by atoms with Crippen LogP contribution in [0, 0.1) is 0 Å². The quantitative estimate of drug-likeness (QED) is 0.586. The van der Waals surface area contributed by atoms with E-state index in [0.29, 0.717) is 41.7 Å². The first-order chi connectivity index (χ1) is 14.0. The van der Waals surface area contributed by atoms with Gasteiger partial charge in [-0.3, -0.25) is 0 Å². The number of halogens is 1. The Morgan fingerprint density at radius 3 is 2.41 bits per heavy atom. The van der Waals surface area contributed by atoms with Crippen LogP contribution < -0.4 is 9.47 Å². The molecule has 2 aliphatic heterocycles. The molecule has 0 amide bonds. The number of ether oxygens (including phenoxy) is 3. The average Bonchev–Trinajstić information content (AvgIpc) is 2.74. The Labute approximate surface area is 173 Å². The maximum Gasteiger partial charge on any atom is 0.161 e. The third-order valence-electron chi connectivity index (χ3n) is 5.29. The molecule has 2 aromatic carbocycles. The van der Waals surface area contributed by atoms with Crippen LogP contribution >= 0.6 is 11.6 Å². The van der Waals surface area contributed by atoms with Gasteiger partial charge in [0.2, 0.25) is 0 Å². The fourth-order valence-corrected chi connectivity index (χ4v) is 3.89. The number of rotatable bonds is 4. The minimum Gasteiger partial charge on any atom is -0.486 e. The molecule has 0 unspecified atom stereocenters. The van der Waals surface area contributed by atoms with E-state index in [0.717, 1.165) is 11.1 Å². The highest BCUT2D eigenvalue weighted by atomic mass is 35.5. The van der Waals surface area contributed by atoms with E-state index in [2.05, 4.69) is 0 Å². The molecule has 4 N–H and O–H groups in total. The maximum atomic E-state index is 10.4. The molecule has 5 atom stereocenters. The molecule has 0 spiro atoms. The van der Waals surface area contributed by atoms with Crippen LogP contribution in [-0.4, -0.2) is 64.7 Å². The number of hydrogen-bond acceptors (Lipinski definition) is 7. The third-order valence-corrected chi connectivity index (χ3v) is 5.66. The number of aliphatic hydroxyl groups excluding tert-OH is 4. The molecule has 0 bridgehead atoms. The van der Waals surface area contributed by atoms with E-state index in [1.54, 1.807) is 18.2 Å². The zero-order valence-electron chi connectivity index (χ0n) is 15.6. The molecule has 0 aliphatic carbocycles. The Kier molecular flexibility index (Phi) is 5.96. The number of aliphatic hydroxyl groups is 4. The first-order valence-corrected chi connectivity index (χ1v) is 9.83. The van der Waals surface area contributed by atoms with Gasteiger partial charge < -0.3 is 34.6 Å². The normalized spacial score (nSPS) is 28.9. The van der Waals surface area contributed by atoms with Crippen molar-refractivity contribution in [2.45, 2.75) is 36.9 Å². The minimum atomic E-state index is -1.43. The van der Waals surface area contributed by atoms with Crippen molar-refractivity contribution in [3.8, 4) is 11.5 Å². The predicted molar refractivity (Wildman–Crippen MR) is 104 cm³/mol. The van der Waals surface area contributed by atoms with Gasteiger partial charge in [-0.05, 0) is 41.3 Å². The summed E-state index contributed by atoms with van der Waals surface area (Å²) in [5.74, 6) is 1.40.